The van der Waals surface area contributed by atoms with Crippen molar-refractivity contribution in [2.75, 3.05) is 26.9 Å². The molecule has 0 spiro atoms. The Kier molecular flexibility index (Phi) is 7.84. The monoisotopic (exact) mass is 291 g/mol. The average Bonchev–Trinajstić information content (AvgIpc) is 2.47. The number of hydrogen-bond donors (Lipinski definition) is 1. The van der Waals surface area contributed by atoms with E-state index in [1.807, 2.05) is 24.3 Å². The number of aliphatic hydroxyl groups excluding tert-OH is 1. The normalized spacial score (nSPS) is 12.4. The molecule has 0 aliphatic heterocycles. The molecule has 1 rings (SSSR count). The lowest BCUT2D eigenvalue weighted by molar-refractivity contribution is 0.0192. The summed E-state index contributed by atoms with van der Waals surface area (Å²) >= 11 is 0. The fourth-order valence-electron chi connectivity index (χ4n) is 2.00. The first-order valence-electron chi connectivity index (χ1n) is 7.13. The molecule has 0 aromatic heterocycles. The number of methoxy groups -OCH3 is 1. The molecular weight excluding hydrogens is 266 g/mol. The van der Waals surface area contributed by atoms with Gasteiger partial charge in [-0.05, 0) is 31.5 Å². The highest BCUT2D eigenvalue weighted by atomic mass is 16.5. The van der Waals surface area contributed by atoms with Crippen LogP contribution in [0.3, 0.4) is 0 Å². The van der Waals surface area contributed by atoms with E-state index in [-0.39, 0.29) is 13.2 Å². The molecule has 1 atom stereocenters. The van der Waals surface area contributed by atoms with Gasteiger partial charge in [0.1, 0.15) is 12.4 Å². The minimum atomic E-state index is -0.543. The summed E-state index contributed by atoms with van der Waals surface area (Å²) < 4.78 is 10.3. The Hall–Kier alpha value is -1.54. The van der Waals surface area contributed by atoms with Crippen LogP contribution in [0.15, 0.2) is 24.3 Å². The van der Waals surface area contributed by atoms with Gasteiger partial charge in [-0.25, -0.2) is 0 Å². The minimum absolute atomic E-state index is 0.233. The Bertz CT molecular complexity index is 436. The predicted molar refractivity (Wildman–Crippen MR) is 84.2 cm³/mol. The third kappa shape index (κ3) is 6.63. The van der Waals surface area contributed by atoms with E-state index in [0.717, 1.165) is 12.3 Å². The van der Waals surface area contributed by atoms with E-state index in [1.165, 1.54) is 5.56 Å². The van der Waals surface area contributed by atoms with E-state index in [0.29, 0.717) is 12.6 Å². The highest BCUT2D eigenvalue weighted by Gasteiger charge is 2.15. The minimum Gasteiger partial charge on any atom is -0.497 e. The number of nitrogens with zero attached hydrogens (tertiary/aromatic N) is 1. The van der Waals surface area contributed by atoms with Crippen molar-refractivity contribution in [3.05, 3.63) is 29.8 Å². The van der Waals surface area contributed by atoms with Gasteiger partial charge in [0.2, 0.25) is 0 Å². The summed E-state index contributed by atoms with van der Waals surface area (Å²) in [6.45, 7) is 6.03. The average molecular weight is 291 g/mol. The molecule has 0 aliphatic rings. The smallest absolute Gasteiger partial charge is 0.118 e. The van der Waals surface area contributed by atoms with Gasteiger partial charge in [-0.2, -0.15) is 0 Å². The maximum absolute atomic E-state index is 10.0. The Labute approximate surface area is 127 Å². The van der Waals surface area contributed by atoms with Crippen LogP contribution in [0.5, 0.6) is 5.75 Å². The molecule has 116 valence electrons. The summed E-state index contributed by atoms with van der Waals surface area (Å²) in [6.07, 6.45) is 4.57. The quantitative estimate of drug-likeness (QED) is 0.557. The fourth-order valence-corrected chi connectivity index (χ4v) is 2.00. The first-order chi connectivity index (χ1) is 10.1. The number of terminal acetylenes is 1. The van der Waals surface area contributed by atoms with Crippen LogP contribution >= 0.6 is 0 Å². The third-order valence-electron chi connectivity index (χ3n) is 3.22. The van der Waals surface area contributed by atoms with Crippen molar-refractivity contribution in [2.24, 2.45) is 0 Å². The van der Waals surface area contributed by atoms with Gasteiger partial charge in [0, 0.05) is 19.1 Å². The van der Waals surface area contributed by atoms with Crippen molar-refractivity contribution < 1.29 is 14.6 Å². The number of hydrogen-bond acceptors (Lipinski definition) is 4. The van der Waals surface area contributed by atoms with E-state index < -0.39 is 6.10 Å². The molecule has 4 heteroatoms. The lowest BCUT2D eigenvalue weighted by Gasteiger charge is -2.28. The second-order valence-electron chi connectivity index (χ2n) is 5.24. The van der Waals surface area contributed by atoms with E-state index in [4.69, 9.17) is 15.9 Å². The first kappa shape index (κ1) is 17.5. The van der Waals surface area contributed by atoms with Gasteiger partial charge in [-0.3, -0.25) is 4.90 Å². The summed E-state index contributed by atoms with van der Waals surface area (Å²) in [6, 6.07) is 8.29. The number of benzene rings is 1. The van der Waals surface area contributed by atoms with Crippen LogP contribution in [0.1, 0.15) is 19.4 Å². The van der Waals surface area contributed by atoms with Gasteiger partial charge in [0.15, 0.2) is 0 Å². The number of aliphatic hydroxyl groups is 1. The molecular formula is C17H25NO3. The van der Waals surface area contributed by atoms with Gasteiger partial charge < -0.3 is 14.6 Å². The largest absolute Gasteiger partial charge is 0.497 e. The number of ether oxygens (including phenoxy) is 2. The standard InChI is InChI=1S/C17H25NO3/c1-5-10-21-13-16(19)12-18(14(2)3)11-15-6-8-17(20-4)9-7-15/h1,6-9,14,16,19H,10-13H2,2-4H3/t16-/m0/s1. The summed E-state index contributed by atoms with van der Waals surface area (Å²) in [7, 11) is 1.65. The van der Waals surface area contributed by atoms with Crippen LogP contribution in [0.25, 0.3) is 0 Å². The second kappa shape index (κ2) is 9.41. The zero-order valence-corrected chi connectivity index (χ0v) is 13.1. The Morgan fingerprint density at radius 2 is 1.95 bits per heavy atom. The maximum Gasteiger partial charge on any atom is 0.118 e. The molecule has 0 fully saturated rings. The number of rotatable bonds is 9. The first-order valence-corrected chi connectivity index (χ1v) is 7.13. The lowest BCUT2D eigenvalue weighted by Crippen LogP contribution is -2.38. The summed E-state index contributed by atoms with van der Waals surface area (Å²) in [4.78, 5) is 2.20. The summed E-state index contributed by atoms with van der Waals surface area (Å²) in [5.41, 5.74) is 1.18. The topological polar surface area (TPSA) is 41.9 Å². The van der Waals surface area contributed by atoms with E-state index in [9.17, 15) is 5.11 Å². The highest BCUT2D eigenvalue weighted by Crippen LogP contribution is 2.14. The molecule has 0 heterocycles. The molecule has 1 aromatic carbocycles. The third-order valence-corrected chi connectivity index (χ3v) is 3.22. The van der Waals surface area contributed by atoms with Gasteiger partial charge in [-0.15, -0.1) is 6.42 Å². The zero-order chi connectivity index (χ0) is 15.7. The van der Waals surface area contributed by atoms with Crippen LogP contribution in [0, 0.1) is 12.3 Å². The van der Waals surface area contributed by atoms with Crippen molar-refractivity contribution in [1.82, 2.24) is 4.90 Å². The summed E-state index contributed by atoms with van der Waals surface area (Å²) in [5.74, 6) is 3.24. The molecule has 0 amide bonds. The molecule has 0 aliphatic carbocycles. The van der Waals surface area contributed by atoms with Crippen LogP contribution in [0.4, 0.5) is 0 Å². The van der Waals surface area contributed by atoms with Crippen LogP contribution in [0.2, 0.25) is 0 Å². The molecule has 4 nitrogen and oxygen atoms in total. The van der Waals surface area contributed by atoms with Gasteiger partial charge in [0.05, 0.1) is 19.8 Å². The molecule has 0 radical (unpaired) electrons. The van der Waals surface area contributed by atoms with Gasteiger partial charge >= 0.3 is 0 Å². The molecule has 0 bridgehead atoms. The predicted octanol–water partition coefficient (Wildman–Crippen LogP) is 1.92. The van der Waals surface area contributed by atoms with Gasteiger partial charge in [-0.1, -0.05) is 18.1 Å². The zero-order valence-electron chi connectivity index (χ0n) is 13.1. The van der Waals surface area contributed by atoms with Crippen LogP contribution < -0.4 is 4.74 Å². The Morgan fingerprint density at radius 3 is 2.48 bits per heavy atom. The molecule has 21 heavy (non-hydrogen) atoms. The van der Waals surface area contributed by atoms with Crippen molar-refractivity contribution in [3.8, 4) is 18.1 Å². The second-order valence-corrected chi connectivity index (χ2v) is 5.24. The van der Waals surface area contributed by atoms with Crippen molar-refractivity contribution in [2.45, 2.75) is 32.5 Å². The lowest BCUT2D eigenvalue weighted by atomic mass is 10.1. The van der Waals surface area contributed by atoms with E-state index in [2.05, 4.69) is 24.7 Å². The van der Waals surface area contributed by atoms with Crippen molar-refractivity contribution in [3.63, 3.8) is 0 Å². The molecule has 0 saturated heterocycles. The van der Waals surface area contributed by atoms with Crippen molar-refractivity contribution >= 4 is 0 Å². The van der Waals surface area contributed by atoms with Crippen LogP contribution in [-0.2, 0) is 11.3 Å². The summed E-state index contributed by atoms with van der Waals surface area (Å²) in [5, 5.41) is 10.0. The highest BCUT2D eigenvalue weighted by molar-refractivity contribution is 5.27. The molecule has 0 unspecified atom stereocenters. The van der Waals surface area contributed by atoms with E-state index >= 15 is 0 Å². The molecule has 0 saturated carbocycles. The fraction of sp³-hybridized carbons (Fsp3) is 0.529. The van der Waals surface area contributed by atoms with Crippen molar-refractivity contribution in [1.29, 1.82) is 0 Å². The van der Waals surface area contributed by atoms with Gasteiger partial charge in [0.25, 0.3) is 0 Å². The SMILES string of the molecule is C#CCOC[C@@H](O)CN(Cc1ccc(OC)cc1)C(C)C. The Morgan fingerprint density at radius 1 is 1.29 bits per heavy atom. The van der Waals surface area contributed by atoms with E-state index in [1.54, 1.807) is 7.11 Å². The maximum atomic E-state index is 10.0. The van der Waals surface area contributed by atoms with Crippen LogP contribution in [-0.4, -0.2) is 49.0 Å². The molecule has 1 N–H and O–H groups in total. The molecule has 1 aromatic rings. The Balaban J connectivity index is 2.54.